The summed E-state index contributed by atoms with van der Waals surface area (Å²) >= 11 is 0. The highest BCUT2D eigenvalue weighted by Crippen LogP contribution is 2.36. The van der Waals surface area contributed by atoms with E-state index in [4.69, 9.17) is 9.31 Å². The van der Waals surface area contributed by atoms with Gasteiger partial charge in [0.25, 0.3) is 0 Å². The minimum absolute atomic E-state index is 0.323. The van der Waals surface area contributed by atoms with Crippen molar-refractivity contribution in [3.05, 3.63) is 24.5 Å². The van der Waals surface area contributed by atoms with Crippen molar-refractivity contribution in [3.63, 3.8) is 0 Å². The van der Waals surface area contributed by atoms with Crippen molar-refractivity contribution in [1.29, 1.82) is 0 Å². The van der Waals surface area contributed by atoms with E-state index in [9.17, 15) is 0 Å². The van der Waals surface area contributed by atoms with E-state index in [1.165, 1.54) is 0 Å². The minimum atomic E-state index is -0.359. The van der Waals surface area contributed by atoms with Gasteiger partial charge in [-0.1, -0.05) is 12.1 Å². The summed E-state index contributed by atoms with van der Waals surface area (Å²) in [6.07, 6.45) is 1.69. The van der Waals surface area contributed by atoms with E-state index in [2.05, 4.69) is 37.7 Å². The molecular weight excluding hydrogens is 227 g/mol. The Morgan fingerprint density at radius 3 is 2.44 bits per heavy atom. The van der Waals surface area contributed by atoms with Gasteiger partial charge in [-0.15, -0.1) is 0 Å². The molecule has 1 fully saturated rings. The van der Waals surface area contributed by atoms with E-state index in [0.29, 0.717) is 0 Å². The Morgan fingerprint density at radius 2 is 1.78 bits per heavy atom. The van der Waals surface area contributed by atoms with Crippen molar-refractivity contribution in [2.24, 2.45) is 0 Å². The summed E-state index contributed by atoms with van der Waals surface area (Å²) in [7, 11) is -0.359. The Labute approximate surface area is 107 Å². The van der Waals surface area contributed by atoms with Crippen LogP contribution in [0.15, 0.2) is 24.5 Å². The quantitative estimate of drug-likeness (QED) is 0.779. The van der Waals surface area contributed by atoms with Crippen LogP contribution in [0.5, 0.6) is 0 Å². The van der Waals surface area contributed by atoms with Crippen LogP contribution < -0.4 is 5.46 Å². The van der Waals surface area contributed by atoms with Gasteiger partial charge in [-0.25, -0.2) is 4.98 Å². The smallest absolute Gasteiger partial charge is 0.399 e. The first kappa shape index (κ1) is 11.7. The van der Waals surface area contributed by atoms with Crippen molar-refractivity contribution in [2.45, 2.75) is 38.9 Å². The van der Waals surface area contributed by atoms with Gasteiger partial charge in [0.15, 0.2) is 0 Å². The molecular formula is C13H17BN2O2. The molecule has 1 saturated heterocycles. The summed E-state index contributed by atoms with van der Waals surface area (Å²) in [6, 6.07) is 5.99. The number of hydrogen-bond acceptors (Lipinski definition) is 3. The number of benzene rings is 1. The number of hydrogen-bond donors (Lipinski definition) is 1. The largest absolute Gasteiger partial charge is 0.497 e. The lowest BCUT2D eigenvalue weighted by atomic mass is 9.78. The maximum atomic E-state index is 6.05. The summed E-state index contributed by atoms with van der Waals surface area (Å²) < 4.78 is 12.1. The van der Waals surface area contributed by atoms with Crippen LogP contribution in [-0.4, -0.2) is 28.3 Å². The number of fused-ring (bicyclic) bond motifs is 1. The minimum Gasteiger partial charge on any atom is -0.399 e. The van der Waals surface area contributed by atoms with Crippen molar-refractivity contribution in [2.75, 3.05) is 0 Å². The van der Waals surface area contributed by atoms with Crippen LogP contribution >= 0.6 is 0 Å². The number of aromatic amines is 1. The summed E-state index contributed by atoms with van der Waals surface area (Å²) in [5, 5.41) is 0. The van der Waals surface area contributed by atoms with E-state index in [1.54, 1.807) is 6.33 Å². The van der Waals surface area contributed by atoms with E-state index in [-0.39, 0.29) is 18.3 Å². The summed E-state index contributed by atoms with van der Waals surface area (Å²) in [5.74, 6) is 0. The Kier molecular flexibility index (Phi) is 2.34. The van der Waals surface area contributed by atoms with Crippen LogP contribution in [0.1, 0.15) is 27.7 Å². The summed E-state index contributed by atoms with van der Waals surface area (Å²) in [5.41, 5.74) is 2.25. The number of nitrogens with one attached hydrogen (secondary N) is 1. The molecule has 1 aromatic heterocycles. The lowest BCUT2D eigenvalue weighted by Crippen LogP contribution is -2.41. The maximum Gasteiger partial charge on any atom is 0.497 e. The maximum absolute atomic E-state index is 6.05. The second kappa shape index (κ2) is 3.59. The molecule has 0 atom stereocenters. The van der Waals surface area contributed by atoms with Gasteiger partial charge < -0.3 is 14.3 Å². The second-order valence-corrected chi connectivity index (χ2v) is 5.73. The van der Waals surface area contributed by atoms with Gasteiger partial charge in [0.05, 0.1) is 28.6 Å². The number of aromatic nitrogens is 2. The molecule has 3 rings (SSSR count). The second-order valence-electron chi connectivity index (χ2n) is 5.73. The zero-order valence-electron chi connectivity index (χ0n) is 11.2. The monoisotopic (exact) mass is 244 g/mol. The third kappa shape index (κ3) is 1.58. The first-order chi connectivity index (χ1) is 8.41. The molecule has 2 heterocycles. The topological polar surface area (TPSA) is 47.1 Å². The molecule has 0 bridgehead atoms. The molecule has 1 N–H and O–H groups in total. The molecule has 1 aliphatic rings. The third-order valence-corrected chi connectivity index (χ3v) is 3.99. The summed E-state index contributed by atoms with van der Waals surface area (Å²) in [6.45, 7) is 8.21. The Hall–Kier alpha value is -1.33. The van der Waals surface area contributed by atoms with Crippen LogP contribution in [-0.2, 0) is 9.31 Å². The van der Waals surface area contributed by atoms with Crippen LogP contribution in [0.4, 0.5) is 0 Å². The zero-order chi connectivity index (χ0) is 13.0. The van der Waals surface area contributed by atoms with Gasteiger partial charge in [-0.3, -0.25) is 0 Å². The molecule has 1 aromatic carbocycles. The number of imidazole rings is 1. The number of nitrogens with zero attached hydrogens (tertiary/aromatic N) is 1. The van der Waals surface area contributed by atoms with Crippen molar-refractivity contribution in [1.82, 2.24) is 9.97 Å². The van der Waals surface area contributed by atoms with Crippen LogP contribution in [0.3, 0.4) is 0 Å². The molecule has 0 aliphatic carbocycles. The fraction of sp³-hybridized carbons (Fsp3) is 0.462. The predicted molar refractivity (Wildman–Crippen MR) is 71.8 cm³/mol. The Morgan fingerprint density at radius 1 is 1.11 bits per heavy atom. The molecule has 5 heteroatoms. The first-order valence-corrected chi connectivity index (χ1v) is 6.18. The van der Waals surface area contributed by atoms with Gasteiger partial charge in [0.1, 0.15) is 0 Å². The average Bonchev–Trinajstić information content (AvgIpc) is 2.81. The zero-order valence-corrected chi connectivity index (χ0v) is 11.2. The third-order valence-electron chi connectivity index (χ3n) is 3.99. The number of rotatable bonds is 1. The van der Waals surface area contributed by atoms with E-state index in [1.807, 2.05) is 18.2 Å². The lowest BCUT2D eigenvalue weighted by molar-refractivity contribution is 0.00578. The highest BCUT2D eigenvalue weighted by atomic mass is 16.7. The predicted octanol–water partition coefficient (Wildman–Crippen LogP) is 1.86. The van der Waals surface area contributed by atoms with Gasteiger partial charge in [0, 0.05) is 5.46 Å². The number of para-hydroxylation sites is 1. The van der Waals surface area contributed by atoms with E-state index >= 15 is 0 Å². The summed E-state index contributed by atoms with van der Waals surface area (Å²) in [4.78, 5) is 7.45. The normalized spacial score (nSPS) is 21.7. The molecule has 94 valence electrons. The highest BCUT2D eigenvalue weighted by molar-refractivity contribution is 6.64. The first-order valence-electron chi connectivity index (χ1n) is 6.18. The fourth-order valence-corrected chi connectivity index (χ4v) is 2.15. The van der Waals surface area contributed by atoms with Crippen molar-refractivity contribution in [3.8, 4) is 0 Å². The molecule has 0 saturated carbocycles. The Balaban J connectivity index is 2.05. The highest BCUT2D eigenvalue weighted by Gasteiger charge is 2.52. The number of H-pyrrole nitrogens is 1. The van der Waals surface area contributed by atoms with Crippen LogP contribution in [0.25, 0.3) is 11.0 Å². The van der Waals surface area contributed by atoms with Gasteiger partial charge in [-0.05, 0) is 33.8 Å². The van der Waals surface area contributed by atoms with Crippen molar-refractivity contribution >= 4 is 23.6 Å². The lowest BCUT2D eigenvalue weighted by Gasteiger charge is -2.32. The van der Waals surface area contributed by atoms with E-state index < -0.39 is 0 Å². The van der Waals surface area contributed by atoms with Crippen LogP contribution in [0.2, 0.25) is 0 Å². The molecule has 0 unspecified atom stereocenters. The van der Waals surface area contributed by atoms with Crippen molar-refractivity contribution < 1.29 is 9.31 Å². The van der Waals surface area contributed by atoms with Crippen LogP contribution in [0, 0.1) is 0 Å². The molecule has 0 spiro atoms. The van der Waals surface area contributed by atoms with Gasteiger partial charge in [0.2, 0.25) is 0 Å². The van der Waals surface area contributed by atoms with E-state index in [0.717, 1.165) is 16.5 Å². The average molecular weight is 244 g/mol. The fourth-order valence-electron chi connectivity index (χ4n) is 2.15. The molecule has 0 amide bonds. The standard InChI is InChI=1S/C13H17BN2O2/c1-12(2)13(3,4)18-14(17-12)9-6-5-7-10-11(9)16-8-15-10/h5-8H,1-4H3,(H,15,16). The van der Waals surface area contributed by atoms with Gasteiger partial charge in [-0.2, -0.15) is 0 Å². The molecule has 18 heavy (non-hydrogen) atoms. The Bertz CT molecular complexity index is 575. The van der Waals surface area contributed by atoms with Gasteiger partial charge >= 0.3 is 7.12 Å². The molecule has 1 aliphatic heterocycles. The molecule has 4 nitrogen and oxygen atoms in total. The molecule has 2 aromatic rings. The SMILES string of the molecule is CC1(C)OB(c2cccc3[nH]cnc23)OC1(C)C. The molecule has 0 radical (unpaired) electrons.